The Bertz CT molecular complexity index is 1490. The largest absolute Gasteiger partial charge is 0.497 e. The first kappa shape index (κ1) is 27.4. The molecular weight excluding hydrogens is 516 g/mol. The lowest BCUT2D eigenvalue weighted by molar-refractivity contribution is -0.112. The van der Waals surface area contributed by atoms with Crippen LogP contribution in [0.3, 0.4) is 0 Å². The molecule has 208 valence electrons. The highest BCUT2D eigenvalue weighted by Gasteiger charge is 2.51. The van der Waals surface area contributed by atoms with Crippen molar-refractivity contribution >= 4 is 0 Å². The zero-order chi connectivity index (χ0) is 28.3. The van der Waals surface area contributed by atoms with Crippen molar-refractivity contribution in [1.29, 1.82) is 0 Å². The van der Waals surface area contributed by atoms with Gasteiger partial charge in [0.15, 0.2) is 6.23 Å². The van der Waals surface area contributed by atoms with Crippen LogP contribution in [-0.4, -0.2) is 58.9 Å². The van der Waals surface area contributed by atoms with Crippen LogP contribution < -0.4 is 20.7 Å². The molecule has 2 heterocycles. The van der Waals surface area contributed by atoms with Gasteiger partial charge in [-0.3, -0.25) is 14.3 Å². The maximum absolute atomic E-state index is 12.5. The van der Waals surface area contributed by atoms with Crippen LogP contribution in [-0.2, 0) is 15.1 Å². The predicted molar refractivity (Wildman–Crippen MR) is 146 cm³/mol. The lowest BCUT2D eigenvalue weighted by Crippen LogP contribution is -2.45. The zero-order valence-electron chi connectivity index (χ0n) is 22.0. The quantitative estimate of drug-likeness (QED) is 0.272. The minimum absolute atomic E-state index is 0.494. The Kier molecular flexibility index (Phi) is 7.85. The third-order valence-corrected chi connectivity index (χ3v) is 7.10. The van der Waals surface area contributed by atoms with Crippen molar-refractivity contribution in [3.8, 4) is 11.5 Å². The van der Waals surface area contributed by atoms with Crippen molar-refractivity contribution in [1.82, 2.24) is 9.55 Å². The average Bonchev–Trinajstić information content (AvgIpc) is 3.30. The second-order valence-electron chi connectivity index (χ2n) is 9.34. The topological polar surface area (TPSA) is 132 Å². The van der Waals surface area contributed by atoms with Gasteiger partial charge in [-0.2, -0.15) is 0 Å². The molecule has 0 spiro atoms. The highest BCUT2D eigenvalue weighted by atomic mass is 16.6. The second kappa shape index (κ2) is 11.5. The van der Waals surface area contributed by atoms with Crippen molar-refractivity contribution in [2.24, 2.45) is 0 Å². The summed E-state index contributed by atoms with van der Waals surface area (Å²) in [5.41, 5.74) is -0.446. The van der Waals surface area contributed by atoms with E-state index >= 15 is 0 Å². The number of ether oxygens (including phenoxy) is 4. The molecule has 1 aromatic heterocycles. The van der Waals surface area contributed by atoms with E-state index in [2.05, 4.69) is 4.98 Å². The van der Waals surface area contributed by atoms with E-state index < -0.39 is 48.0 Å². The molecule has 3 aromatic carbocycles. The van der Waals surface area contributed by atoms with Crippen LogP contribution >= 0.6 is 0 Å². The fourth-order valence-electron chi connectivity index (χ4n) is 5.10. The van der Waals surface area contributed by atoms with Crippen LogP contribution in [0, 0.1) is 0 Å². The Morgan fingerprint density at radius 1 is 0.850 bits per heavy atom. The molecule has 40 heavy (non-hydrogen) atoms. The van der Waals surface area contributed by atoms with E-state index in [4.69, 9.17) is 18.9 Å². The fraction of sp³-hybridized carbons (Fsp3) is 0.267. The molecule has 1 fully saturated rings. The molecule has 10 heteroatoms. The lowest BCUT2D eigenvalue weighted by atomic mass is 9.79. The van der Waals surface area contributed by atoms with Crippen LogP contribution in [0.1, 0.15) is 22.9 Å². The normalized spacial score (nSPS) is 20.8. The summed E-state index contributed by atoms with van der Waals surface area (Å²) in [7, 11) is 3.16. The van der Waals surface area contributed by atoms with Gasteiger partial charge in [-0.15, -0.1) is 0 Å². The van der Waals surface area contributed by atoms with E-state index in [9.17, 15) is 19.8 Å². The summed E-state index contributed by atoms with van der Waals surface area (Å²) in [6.45, 7) is -0.494. The smallest absolute Gasteiger partial charge is 0.330 e. The Hall–Kier alpha value is -4.22. The summed E-state index contributed by atoms with van der Waals surface area (Å²) in [6.07, 6.45) is -3.47. The van der Waals surface area contributed by atoms with Gasteiger partial charge in [0, 0.05) is 12.3 Å². The molecule has 3 N–H and O–H groups in total. The number of nitrogens with one attached hydrogen (secondary N) is 1. The third-order valence-electron chi connectivity index (χ3n) is 7.10. The number of aliphatic hydroxyl groups excluding tert-OH is 2. The lowest BCUT2D eigenvalue weighted by Gasteiger charge is -2.39. The van der Waals surface area contributed by atoms with Gasteiger partial charge in [0.1, 0.15) is 35.4 Å². The van der Waals surface area contributed by atoms with Crippen LogP contribution in [0.2, 0.25) is 0 Å². The molecule has 0 amide bonds. The zero-order valence-corrected chi connectivity index (χ0v) is 22.0. The molecular formula is C30H30N2O8. The molecule has 0 saturated carbocycles. The molecule has 1 aliphatic rings. The molecule has 0 radical (unpaired) electrons. The number of rotatable bonds is 9. The van der Waals surface area contributed by atoms with Gasteiger partial charge in [-0.05, 0) is 41.0 Å². The molecule has 0 unspecified atom stereocenters. The van der Waals surface area contributed by atoms with Crippen molar-refractivity contribution in [3.63, 3.8) is 0 Å². The van der Waals surface area contributed by atoms with E-state index in [0.29, 0.717) is 11.5 Å². The maximum Gasteiger partial charge on any atom is 0.330 e. The minimum atomic E-state index is -1.39. The van der Waals surface area contributed by atoms with Gasteiger partial charge in [-0.25, -0.2) is 4.79 Å². The van der Waals surface area contributed by atoms with Crippen molar-refractivity contribution in [2.75, 3.05) is 20.8 Å². The van der Waals surface area contributed by atoms with Gasteiger partial charge in [0.2, 0.25) is 0 Å². The van der Waals surface area contributed by atoms with E-state index in [-0.39, 0.29) is 0 Å². The summed E-state index contributed by atoms with van der Waals surface area (Å²) >= 11 is 0. The van der Waals surface area contributed by atoms with Gasteiger partial charge in [-0.1, -0.05) is 54.6 Å². The Morgan fingerprint density at radius 2 is 1.40 bits per heavy atom. The van der Waals surface area contributed by atoms with Crippen LogP contribution in [0.25, 0.3) is 0 Å². The second-order valence-corrected chi connectivity index (χ2v) is 9.34. The standard InChI is InChI=1S/C30H30N2O8/c1-37-22-12-8-20(9-13-22)30(19-6-4-3-5-7-19,21-10-14-23(38-2)15-11-21)40-27-24(18-33)39-28(26(27)35)32-17-16-25(34)31-29(32)36/h3-17,24,26-28,33,35H,18H2,1-2H3,(H,31,34,36)/t24-,26-,27-,28-/m1/s1. The molecule has 0 bridgehead atoms. The van der Waals surface area contributed by atoms with Crippen molar-refractivity contribution in [3.05, 3.63) is 129 Å². The SMILES string of the molecule is COc1ccc(C(O[C@H]2[C@@H](O)[C@H](n3ccc(=O)[nH]c3=O)O[C@@H]2CO)(c2ccccc2)c2ccc(OC)cc2)cc1. The number of methoxy groups -OCH3 is 2. The van der Waals surface area contributed by atoms with Gasteiger partial charge in [0.05, 0.1) is 20.8 Å². The molecule has 0 aliphatic carbocycles. The number of aliphatic hydroxyl groups is 2. The number of benzene rings is 3. The van der Waals surface area contributed by atoms with Crippen molar-refractivity contribution < 1.29 is 29.2 Å². The van der Waals surface area contributed by atoms with Gasteiger partial charge < -0.3 is 29.2 Å². The summed E-state index contributed by atoms with van der Waals surface area (Å²) in [6, 6.07) is 25.4. The Morgan fingerprint density at radius 3 is 1.90 bits per heavy atom. The van der Waals surface area contributed by atoms with E-state index in [1.165, 1.54) is 6.20 Å². The van der Waals surface area contributed by atoms with E-state index in [1.807, 2.05) is 78.9 Å². The number of H-pyrrole nitrogens is 1. The monoisotopic (exact) mass is 546 g/mol. The molecule has 1 aliphatic heterocycles. The molecule has 4 aromatic rings. The van der Waals surface area contributed by atoms with Gasteiger partial charge >= 0.3 is 5.69 Å². The predicted octanol–water partition coefficient (Wildman–Crippen LogP) is 2.18. The van der Waals surface area contributed by atoms with Crippen LogP contribution in [0.5, 0.6) is 11.5 Å². The molecule has 5 rings (SSSR count). The summed E-state index contributed by atoms with van der Waals surface area (Å²) in [4.78, 5) is 26.3. The number of hydrogen-bond donors (Lipinski definition) is 3. The maximum atomic E-state index is 12.5. The molecule has 4 atom stereocenters. The molecule has 10 nitrogen and oxygen atoms in total. The summed E-state index contributed by atoms with van der Waals surface area (Å²) in [5, 5.41) is 21.8. The fourth-order valence-corrected chi connectivity index (χ4v) is 5.10. The number of hydrogen-bond acceptors (Lipinski definition) is 8. The average molecular weight is 547 g/mol. The number of nitrogens with zero attached hydrogens (tertiary/aromatic N) is 1. The number of aromatic amines is 1. The Balaban J connectivity index is 1.68. The van der Waals surface area contributed by atoms with Crippen molar-refractivity contribution in [2.45, 2.75) is 30.1 Å². The van der Waals surface area contributed by atoms with E-state index in [0.717, 1.165) is 27.3 Å². The van der Waals surface area contributed by atoms with E-state index in [1.54, 1.807) is 14.2 Å². The number of aromatic nitrogens is 2. The highest BCUT2D eigenvalue weighted by Crippen LogP contribution is 2.45. The third kappa shape index (κ3) is 4.93. The summed E-state index contributed by atoms with van der Waals surface area (Å²) in [5.74, 6) is 1.30. The van der Waals surface area contributed by atoms with Gasteiger partial charge in [0.25, 0.3) is 5.56 Å². The van der Waals surface area contributed by atoms with Crippen LogP contribution in [0.4, 0.5) is 0 Å². The highest BCUT2D eigenvalue weighted by molar-refractivity contribution is 5.50. The Labute approximate surface area is 230 Å². The summed E-state index contributed by atoms with van der Waals surface area (Å²) < 4.78 is 24.7. The first-order valence-corrected chi connectivity index (χ1v) is 12.7. The minimum Gasteiger partial charge on any atom is -0.497 e. The first-order valence-electron chi connectivity index (χ1n) is 12.7. The molecule has 1 saturated heterocycles. The van der Waals surface area contributed by atoms with Crippen LogP contribution in [0.15, 0.2) is 101 Å². The first-order chi connectivity index (χ1) is 19.4.